The Hall–Kier alpha value is -1.19. The van der Waals surface area contributed by atoms with E-state index in [1.807, 2.05) is 0 Å². The highest BCUT2D eigenvalue weighted by atomic mass is 32.1. The van der Waals surface area contributed by atoms with E-state index in [0.717, 1.165) is 49.9 Å². The predicted octanol–water partition coefficient (Wildman–Crippen LogP) is 2.38. The van der Waals surface area contributed by atoms with Crippen LogP contribution in [-0.2, 0) is 6.42 Å². The molecule has 0 spiro atoms. The lowest BCUT2D eigenvalue weighted by Gasteiger charge is -2.30. The second-order valence-corrected chi connectivity index (χ2v) is 6.62. The van der Waals surface area contributed by atoms with Gasteiger partial charge in [0.25, 0.3) is 0 Å². The molecule has 1 fully saturated rings. The van der Waals surface area contributed by atoms with Crippen LogP contribution in [0.5, 0.6) is 0 Å². The Labute approximate surface area is 125 Å². The number of piperidine rings is 1. The molecule has 0 aromatic carbocycles. The van der Waals surface area contributed by atoms with Crippen molar-refractivity contribution in [2.75, 3.05) is 31.5 Å². The molecule has 5 nitrogen and oxygen atoms in total. The molecule has 6 heteroatoms. The first-order valence-electron chi connectivity index (χ1n) is 7.33. The molecule has 0 radical (unpaired) electrons. The van der Waals surface area contributed by atoms with E-state index >= 15 is 0 Å². The molecule has 0 unspecified atom stereocenters. The number of likely N-dealkylation sites (tertiary alicyclic amines) is 1. The number of nitrogens with zero attached hydrogens (tertiary/aromatic N) is 4. The first-order valence-corrected chi connectivity index (χ1v) is 8.10. The van der Waals surface area contributed by atoms with Crippen molar-refractivity contribution in [3.63, 3.8) is 0 Å². The van der Waals surface area contributed by atoms with Gasteiger partial charge in [-0.05, 0) is 37.8 Å². The van der Waals surface area contributed by atoms with Gasteiger partial charge < -0.3 is 5.32 Å². The maximum atomic E-state index is 8.68. The summed E-state index contributed by atoms with van der Waals surface area (Å²) in [7, 11) is 0. The molecule has 2 rings (SSSR count). The lowest BCUT2D eigenvalue weighted by molar-refractivity contribution is 0.209. The van der Waals surface area contributed by atoms with Crippen molar-refractivity contribution in [3.05, 3.63) is 5.82 Å². The van der Waals surface area contributed by atoms with Crippen molar-refractivity contribution >= 4 is 16.7 Å². The van der Waals surface area contributed by atoms with Crippen LogP contribution < -0.4 is 5.32 Å². The van der Waals surface area contributed by atoms with E-state index in [0.29, 0.717) is 18.4 Å². The smallest absolute Gasteiger partial charge is 0.202 e. The maximum Gasteiger partial charge on any atom is 0.202 e. The van der Waals surface area contributed by atoms with E-state index in [-0.39, 0.29) is 0 Å². The lowest BCUT2D eigenvalue weighted by Crippen LogP contribution is -2.36. The summed E-state index contributed by atoms with van der Waals surface area (Å²) in [5, 5.41) is 13.0. The van der Waals surface area contributed by atoms with E-state index < -0.39 is 0 Å². The molecule has 0 bridgehead atoms. The Morgan fingerprint density at radius 1 is 1.45 bits per heavy atom. The van der Waals surface area contributed by atoms with Crippen molar-refractivity contribution in [1.29, 1.82) is 5.26 Å². The highest BCUT2D eigenvalue weighted by Crippen LogP contribution is 2.19. The van der Waals surface area contributed by atoms with Gasteiger partial charge in [-0.1, -0.05) is 13.8 Å². The van der Waals surface area contributed by atoms with Crippen LogP contribution in [-0.4, -0.2) is 40.4 Å². The lowest BCUT2D eigenvalue weighted by atomic mass is 9.97. The van der Waals surface area contributed by atoms with Gasteiger partial charge in [0.05, 0.1) is 12.6 Å². The van der Waals surface area contributed by atoms with Crippen LogP contribution >= 0.6 is 11.5 Å². The third kappa shape index (κ3) is 4.73. The zero-order valence-corrected chi connectivity index (χ0v) is 13.1. The van der Waals surface area contributed by atoms with E-state index in [9.17, 15) is 0 Å². The van der Waals surface area contributed by atoms with Gasteiger partial charge in [-0.3, -0.25) is 4.90 Å². The summed E-state index contributed by atoms with van der Waals surface area (Å²) in [6.07, 6.45) is 3.27. The third-order valence-electron chi connectivity index (χ3n) is 3.60. The highest BCUT2D eigenvalue weighted by Gasteiger charge is 2.19. The number of anilines is 1. The fraction of sp³-hybridized carbons (Fsp3) is 0.786. The number of nitriles is 1. The molecule has 1 N–H and O–H groups in total. The Balaban J connectivity index is 1.71. The van der Waals surface area contributed by atoms with Gasteiger partial charge in [-0.25, -0.2) is 4.98 Å². The number of hydrogen-bond acceptors (Lipinski definition) is 6. The average molecular weight is 293 g/mol. The second-order valence-electron chi connectivity index (χ2n) is 5.87. The molecule has 1 saturated heterocycles. The van der Waals surface area contributed by atoms with E-state index in [4.69, 9.17) is 5.26 Å². The van der Waals surface area contributed by atoms with Crippen molar-refractivity contribution in [1.82, 2.24) is 14.3 Å². The molecular weight excluding hydrogens is 270 g/mol. The third-order valence-corrected chi connectivity index (χ3v) is 4.31. The van der Waals surface area contributed by atoms with Gasteiger partial charge in [-0.2, -0.15) is 9.64 Å². The van der Waals surface area contributed by atoms with E-state index in [2.05, 4.69) is 39.5 Å². The van der Waals surface area contributed by atoms with Crippen LogP contribution in [0.4, 0.5) is 5.13 Å². The van der Waals surface area contributed by atoms with Crippen molar-refractivity contribution in [2.24, 2.45) is 11.8 Å². The van der Waals surface area contributed by atoms with Crippen LogP contribution in [0.2, 0.25) is 0 Å². The zero-order valence-electron chi connectivity index (χ0n) is 12.3. The minimum atomic E-state index is 0.565. The molecule has 1 aliphatic heterocycles. The fourth-order valence-electron chi connectivity index (χ4n) is 2.45. The summed E-state index contributed by atoms with van der Waals surface area (Å²) >= 11 is 1.46. The Kier molecular flexibility index (Phi) is 5.74. The highest BCUT2D eigenvalue weighted by molar-refractivity contribution is 7.09. The maximum absolute atomic E-state index is 8.68. The molecule has 20 heavy (non-hydrogen) atoms. The normalized spacial score (nSPS) is 17.3. The van der Waals surface area contributed by atoms with Crippen LogP contribution in [0.1, 0.15) is 32.5 Å². The Morgan fingerprint density at radius 2 is 2.20 bits per heavy atom. The minimum absolute atomic E-state index is 0.565. The zero-order chi connectivity index (χ0) is 14.4. The molecule has 0 atom stereocenters. The van der Waals surface area contributed by atoms with Crippen molar-refractivity contribution in [2.45, 2.75) is 33.1 Å². The van der Waals surface area contributed by atoms with Gasteiger partial charge in [0.15, 0.2) is 0 Å². The topological polar surface area (TPSA) is 64.8 Å². The van der Waals surface area contributed by atoms with E-state index in [1.165, 1.54) is 11.5 Å². The van der Waals surface area contributed by atoms with Crippen LogP contribution in [0.15, 0.2) is 0 Å². The minimum Gasteiger partial charge on any atom is -0.360 e. The largest absolute Gasteiger partial charge is 0.360 e. The number of nitrogens with one attached hydrogen (secondary N) is 1. The summed E-state index contributed by atoms with van der Waals surface area (Å²) < 4.78 is 4.38. The van der Waals surface area contributed by atoms with Gasteiger partial charge >= 0.3 is 0 Å². The fourth-order valence-corrected chi connectivity index (χ4v) is 3.06. The summed E-state index contributed by atoms with van der Waals surface area (Å²) in [5.41, 5.74) is 0. The summed E-state index contributed by atoms with van der Waals surface area (Å²) in [5.74, 6) is 2.24. The first kappa shape index (κ1) is 15.2. The summed E-state index contributed by atoms with van der Waals surface area (Å²) in [4.78, 5) is 6.75. The quantitative estimate of drug-likeness (QED) is 0.816. The number of hydrogen-bond donors (Lipinski definition) is 1. The van der Waals surface area contributed by atoms with Gasteiger partial charge in [0, 0.05) is 24.5 Å². The van der Waals surface area contributed by atoms with Gasteiger partial charge in [0.2, 0.25) is 5.13 Å². The van der Waals surface area contributed by atoms with Crippen LogP contribution in [0.3, 0.4) is 0 Å². The monoisotopic (exact) mass is 293 g/mol. The number of rotatable bonds is 6. The average Bonchev–Trinajstić information content (AvgIpc) is 2.85. The molecule has 0 amide bonds. The van der Waals surface area contributed by atoms with E-state index in [1.54, 1.807) is 0 Å². The Morgan fingerprint density at radius 3 is 2.85 bits per heavy atom. The van der Waals surface area contributed by atoms with Crippen molar-refractivity contribution in [3.8, 4) is 6.07 Å². The molecular formula is C14H23N5S. The van der Waals surface area contributed by atoms with Gasteiger partial charge in [0.1, 0.15) is 5.82 Å². The molecule has 2 heterocycles. The van der Waals surface area contributed by atoms with Gasteiger partial charge in [-0.15, -0.1) is 0 Å². The molecule has 1 aliphatic rings. The molecule has 1 aromatic rings. The molecule has 0 aliphatic carbocycles. The standard InChI is InChI=1S/C14H23N5S/c1-11(2)9-13-17-14(20-18-13)16-10-12-3-6-19(7-4-12)8-5-15/h11-12H,3-4,6-10H2,1-2H3,(H,16,17,18). The molecule has 1 aromatic heterocycles. The van der Waals surface area contributed by atoms with Crippen LogP contribution in [0.25, 0.3) is 0 Å². The second kappa shape index (κ2) is 7.55. The first-order chi connectivity index (χ1) is 9.67. The van der Waals surface area contributed by atoms with Crippen LogP contribution in [0, 0.1) is 23.2 Å². The predicted molar refractivity (Wildman–Crippen MR) is 81.7 cm³/mol. The molecule has 110 valence electrons. The summed E-state index contributed by atoms with van der Waals surface area (Å²) in [6.45, 7) is 7.97. The summed E-state index contributed by atoms with van der Waals surface area (Å²) in [6, 6.07) is 2.22. The number of aromatic nitrogens is 2. The Bertz CT molecular complexity index is 443. The SMILES string of the molecule is CC(C)Cc1nsc(NCC2CCN(CC#N)CC2)n1. The van der Waals surface area contributed by atoms with Crippen molar-refractivity contribution < 1.29 is 0 Å². The molecule has 0 saturated carbocycles.